The number of anilines is 1. The van der Waals surface area contributed by atoms with Gasteiger partial charge in [0.2, 0.25) is 5.91 Å². The van der Waals surface area contributed by atoms with Crippen LogP contribution in [0.25, 0.3) is 10.8 Å². The Bertz CT molecular complexity index is 1240. The maximum atomic E-state index is 12.9. The highest BCUT2D eigenvalue weighted by Gasteiger charge is 2.41. The quantitative estimate of drug-likeness (QED) is 0.394. The number of amides is 1. The van der Waals surface area contributed by atoms with Gasteiger partial charge in [-0.2, -0.15) is 0 Å². The van der Waals surface area contributed by atoms with Crippen molar-refractivity contribution >= 4 is 22.4 Å². The molecule has 0 aliphatic carbocycles. The van der Waals surface area contributed by atoms with Crippen molar-refractivity contribution < 1.29 is 14.3 Å². The molecule has 6 heteroatoms. The summed E-state index contributed by atoms with van der Waals surface area (Å²) in [6.45, 7) is 0.660. The molecule has 3 atom stereocenters. The maximum Gasteiger partial charge on any atom is 0.233 e. The summed E-state index contributed by atoms with van der Waals surface area (Å²) >= 11 is 0. The third-order valence-corrected chi connectivity index (χ3v) is 5.84. The van der Waals surface area contributed by atoms with Crippen molar-refractivity contribution in [3.05, 3.63) is 108 Å². The number of carbonyl (C=O) groups excluding carboxylic acids is 1. The summed E-state index contributed by atoms with van der Waals surface area (Å²) in [4.78, 5) is 17.0. The molecule has 1 saturated heterocycles. The summed E-state index contributed by atoms with van der Waals surface area (Å²) in [7, 11) is 0. The number of carbonyl (C=O) groups is 1. The Kier molecular flexibility index (Phi) is 6.13. The van der Waals surface area contributed by atoms with Crippen LogP contribution in [-0.4, -0.2) is 23.7 Å². The lowest BCUT2D eigenvalue weighted by atomic mass is 9.97. The van der Waals surface area contributed by atoms with Crippen molar-refractivity contribution in [1.82, 2.24) is 4.98 Å². The zero-order valence-corrected chi connectivity index (χ0v) is 18.1. The van der Waals surface area contributed by atoms with E-state index in [0.717, 1.165) is 33.2 Å². The standard InChI is InChI=1S/C27H25N3O3/c28-15-24(26(31)30-23-11-10-22-16-29-13-12-21(22)14-23)19-8-6-18(7-9-19)17-32-27-25(33-27)20-4-2-1-3-5-20/h1-14,16,24-25,27H,15,17,28H2,(H,30,31). The van der Waals surface area contributed by atoms with Gasteiger partial charge in [0.1, 0.15) is 6.10 Å². The largest absolute Gasteiger partial charge is 0.345 e. The van der Waals surface area contributed by atoms with E-state index in [0.29, 0.717) is 6.61 Å². The molecule has 2 heterocycles. The van der Waals surface area contributed by atoms with E-state index in [-0.39, 0.29) is 24.8 Å². The SMILES string of the molecule is NCC(C(=O)Nc1ccc2cnccc2c1)c1ccc(COC2OC2c2ccccc2)cc1. The molecule has 1 aliphatic heterocycles. The van der Waals surface area contributed by atoms with Crippen LogP contribution in [0, 0.1) is 0 Å². The molecular formula is C27H25N3O3. The number of ether oxygens (including phenoxy) is 2. The summed E-state index contributed by atoms with van der Waals surface area (Å²) in [5, 5.41) is 5.03. The lowest BCUT2D eigenvalue weighted by Crippen LogP contribution is -2.27. The van der Waals surface area contributed by atoms with Crippen molar-refractivity contribution in [1.29, 1.82) is 0 Å². The highest BCUT2D eigenvalue weighted by molar-refractivity contribution is 5.98. The first kappa shape index (κ1) is 21.3. The Labute approximate surface area is 192 Å². The molecule has 3 aromatic carbocycles. The van der Waals surface area contributed by atoms with Gasteiger partial charge >= 0.3 is 0 Å². The number of epoxide rings is 1. The minimum absolute atomic E-state index is 0.00200. The van der Waals surface area contributed by atoms with E-state index < -0.39 is 5.92 Å². The average molecular weight is 440 g/mol. The van der Waals surface area contributed by atoms with E-state index in [1.165, 1.54) is 0 Å². The second kappa shape index (κ2) is 9.50. The number of aromatic nitrogens is 1. The Morgan fingerprint density at radius 3 is 2.64 bits per heavy atom. The number of benzene rings is 3. The molecule has 1 aromatic heterocycles. The number of nitrogens with one attached hydrogen (secondary N) is 1. The molecule has 166 valence electrons. The van der Waals surface area contributed by atoms with Crippen molar-refractivity contribution in [3.63, 3.8) is 0 Å². The minimum atomic E-state index is -0.442. The summed E-state index contributed by atoms with van der Waals surface area (Å²) < 4.78 is 11.5. The summed E-state index contributed by atoms with van der Waals surface area (Å²) in [5.41, 5.74) is 9.70. The Morgan fingerprint density at radius 2 is 1.85 bits per heavy atom. The highest BCUT2D eigenvalue weighted by atomic mass is 16.8. The van der Waals surface area contributed by atoms with Crippen molar-refractivity contribution in [2.75, 3.05) is 11.9 Å². The molecule has 1 aliphatic rings. The summed E-state index contributed by atoms with van der Waals surface area (Å²) in [6.07, 6.45) is 3.32. The fourth-order valence-electron chi connectivity index (χ4n) is 3.91. The number of fused-ring (bicyclic) bond motifs is 1. The lowest BCUT2D eigenvalue weighted by molar-refractivity contribution is -0.117. The molecule has 3 unspecified atom stereocenters. The van der Waals surface area contributed by atoms with Crippen LogP contribution in [-0.2, 0) is 20.9 Å². The van der Waals surface area contributed by atoms with Crippen LogP contribution in [0.5, 0.6) is 0 Å². The lowest BCUT2D eigenvalue weighted by Gasteiger charge is -2.16. The smallest absolute Gasteiger partial charge is 0.233 e. The molecule has 6 nitrogen and oxygen atoms in total. The second-order valence-corrected chi connectivity index (χ2v) is 8.10. The van der Waals surface area contributed by atoms with E-state index >= 15 is 0 Å². The molecule has 1 fully saturated rings. The van der Waals surface area contributed by atoms with E-state index in [9.17, 15) is 4.79 Å². The molecule has 0 saturated carbocycles. The molecule has 3 N–H and O–H groups in total. The molecule has 33 heavy (non-hydrogen) atoms. The van der Waals surface area contributed by atoms with E-state index in [1.807, 2.05) is 78.9 Å². The first-order valence-electron chi connectivity index (χ1n) is 11.0. The van der Waals surface area contributed by atoms with Crippen LogP contribution in [0.1, 0.15) is 28.7 Å². The highest BCUT2D eigenvalue weighted by Crippen LogP contribution is 2.39. The molecule has 5 rings (SSSR count). The Morgan fingerprint density at radius 1 is 1.03 bits per heavy atom. The molecule has 0 bridgehead atoms. The maximum absolute atomic E-state index is 12.9. The van der Waals surface area contributed by atoms with Gasteiger partial charge in [0.25, 0.3) is 0 Å². The van der Waals surface area contributed by atoms with Crippen LogP contribution in [0.3, 0.4) is 0 Å². The molecule has 4 aromatic rings. The minimum Gasteiger partial charge on any atom is -0.345 e. The van der Waals surface area contributed by atoms with Gasteiger partial charge in [-0.15, -0.1) is 0 Å². The fraction of sp³-hybridized carbons (Fsp3) is 0.185. The van der Waals surface area contributed by atoms with Gasteiger partial charge in [0.05, 0.1) is 12.5 Å². The number of pyridine rings is 1. The topological polar surface area (TPSA) is 89.8 Å². The zero-order chi connectivity index (χ0) is 22.6. The number of nitrogens with zero attached hydrogens (tertiary/aromatic N) is 1. The van der Waals surface area contributed by atoms with Crippen LogP contribution in [0.4, 0.5) is 5.69 Å². The van der Waals surface area contributed by atoms with E-state index in [1.54, 1.807) is 12.4 Å². The zero-order valence-electron chi connectivity index (χ0n) is 18.1. The molecule has 0 spiro atoms. The fourth-order valence-corrected chi connectivity index (χ4v) is 3.91. The van der Waals surface area contributed by atoms with Gasteiger partial charge in [0.15, 0.2) is 6.29 Å². The van der Waals surface area contributed by atoms with Gasteiger partial charge in [-0.25, -0.2) is 0 Å². The number of nitrogens with two attached hydrogens (primary N) is 1. The Balaban J connectivity index is 1.18. The van der Waals surface area contributed by atoms with Crippen LogP contribution in [0.2, 0.25) is 0 Å². The van der Waals surface area contributed by atoms with E-state index in [4.69, 9.17) is 15.2 Å². The average Bonchev–Trinajstić information content (AvgIpc) is 3.64. The van der Waals surface area contributed by atoms with Gasteiger partial charge in [-0.05, 0) is 40.3 Å². The van der Waals surface area contributed by atoms with Crippen molar-refractivity contribution in [2.45, 2.75) is 24.9 Å². The first-order chi connectivity index (χ1) is 16.2. The van der Waals surface area contributed by atoms with Gasteiger partial charge in [-0.3, -0.25) is 9.78 Å². The van der Waals surface area contributed by atoms with Crippen LogP contribution >= 0.6 is 0 Å². The second-order valence-electron chi connectivity index (χ2n) is 8.10. The Hall–Kier alpha value is -3.58. The van der Waals surface area contributed by atoms with Gasteiger partial charge < -0.3 is 20.5 Å². The first-order valence-corrected chi connectivity index (χ1v) is 11.0. The predicted molar refractivity (Wildman–Crippen MR) is 127 cm³/mol. The van der Waals surface area contributed by atoms with Crippen molar-refractivity contribution in [2.24, 2.45) is 5.73 Å². The third kappa shape index (κ3) is 4.93. The van der Waals surface area contributed by atoms with Crippen LogP contribution in [0.15, 0.2) is 91.3 Å². The van der Waals surface area contributed by atoms with Crippen molar-refractivity contribution in [3.8, 4) is 0 Å². The molecule has 1 amide bonds. The number of hydrogen-bond acceptors (Lipinski definition) is 5. The number of hydrogen-bond donors (Lipinski definition) is 2. The summed E-state index contributed by atoms with van der Waals surface area (Å²) in [6, 6.07) is 25.5. The van der Waals surface area contributed by atoms with E-state index in [2.05, 4.69) is 10.3 Å². The normalized spacial score (nSPS) is 18.1. The molecular weight excluding hydrogens is 414 g/mol. The summed E-state index contributed by atoms with van der Waals surface area (Å²) in [5.74, 6) is -0.575. The number of rotatable bonds is 8. The van der Waals surface area contributed by atoms with Gasteiger partial charge in [-0.1, -0.05) is 60.7 Å². The predicted octanol–water partition coefficient (Wildman–Crippen LogP) is 4.53. The third-order valence-electron chi connectivity index (χ3n) is 5.84. The van der Waals surface area contributed by atoms with Crippen LogP contribution < -0.4 is 11.1 Å². The molecule has 0 radical (unpaired) electrons. The monoisotopic (exact) mass is 439 g/mol. The van der Waals surface area contributed by atoms with Gasteiger partial charge in [0, 0.05) is 30.0 Å².